The van der Waals surface area contributed by atoms with Crippen LogP contribution < -0.4 is 5.32 Å². The summed E-state index contributed by atoms with van der Waals surface area (Å²) in [6.07, 6.45) is 3.02. The highest BCUT2D eigenvalue weighted by Gasteiger charge is 2.31. The Labute approximate surface area is 123 Å². The number of rotatable bonds is 4. The Morgan fingerprint density at radius 3 is 2.76 bits per heavy atom. The first kappa shape index (κ1) is 14.0. The molecule has 0 amide bonds. The molecule has 1 fully saturated rings. The second kappa shape index (κ2) is 6.15. The largest absolute Gasteiger partial charge is 0.373 e. The van der Waals surface area contributed by atoms with Crippen molar-refractivity contribution < 1.29 is 4.74 Å². The molecule has 5 heteroatoms. The topological polar surface area (TPSA) is 21.3 Å². The predicted octanol–water partition coefficient (Wildman–Crippen LogP) is 4.49. The highest BCUT2D eigenvalue weighted by Crippen LogP contribution is 2.39. The maximum atomic E-state index is 5.99. The quantitative estimate of drug-likeness (QED) is 0.828. The molecular weight excluding hydrogens is 366 g/mol. The summed E-state index contributed by atoms with van der Waals surface area (Å²) in [7, 11) is 0. The Balaban J connectivity index is 2.16. The Hall–Kier alpha value is 0.580. The lowest BCUT2D eigenvalue weighted by Crippen LogP contribution is -2.31. The minimum atomic E-state index is 0.308. The van der Waals surface area contributed by atoms with Crippen LogP contribution in [0, 0.1) is 0 Å². The highest BCUT2D eigenvalue weighted by molar-refractivity contribution is 9.13. The zero-order valence-corrected chi connectivity index (χ0v) is 14.0. The van der Waals surface area contributed by atoms with Gasteiger partial charge in [0.05, 0.1) is 22.0 Å². The molecule has 3 unspecified atom stereocenters. The molecule has 0 saturated carbocycles. The van der Waals surface area contributed by atoms with Crippen molar-refractivity contribution in [2.75, 3.05) is 6.54 Å². The molecule has 2 rings (SSSR count). The third-order valence-corrected chi connectivity index (χ3v) is 6.37. The van der Waals surface area contributed by atoms with Crippen LogP contribution in [0.4, 0.5) is 0 Å². The minimum Gasteiger partial charge on any atom is -0.373 e. The van der Waals surface area contributed by atoms with Gasteiger partial charge < -0.3 is 10.1 Å². The molecule has 0 spiro atoms. The average Bonchev–Trinajstić information content (AvgIpc) is 2.83. The lowest BCUT2D eigenvalue weighted by atomic mass is 10.1. The second-order valence-electron chi connectivity index (χ2n) is 4.37. The summed E-state index contributed by atoms with van der Waals surface area (Å²) in [6.45, 7) is 5.26. The molecule has 17 heavy (non-hydrogen) atoms. The van der Waals surface area contributed by atoms with Crippen LogP contribution in [-0.4, -0.2) is 18.8 Å². The van der Waals surface area contributed by atoms with Gasteiger partial charge in [0.2, 0.25) is 0 Å². The molecule has 2 heterocycles. The maximum Gasteiger partial charge on any atom is 0.0843 e. The molecule has 2 nitrogen and oxygen atoms in total. The number of hydrogen-bond donors (Lipinski definition) is 1. The zero-order valence-electron chi connectivity index (χ0n) is 10.0. The minimum absolute atomic E-state index is 0.308. The number of hydrogen-bond acceptors (Lipinski definition) is 3. The molecule has 1 aromatic heterocycles. The highest BCUT2D eigenvalue weighted by atomic mass is 79.9. The first-order chi connectivity index (χ1) is 8.11. The van der Waals surface area contributed by atoms with Gasteiger partial charge in [0.15, 0.2) is 0 Å². The molecule has 96 valence electrons. The molecule has 3 atom stereocenters. The fraction of sp³-hybridized carbons (Fsp3) is 0.667. The van der Waals surface area contributed by atoms with E-state index in [-0.39, 0.29) is 0 Å². The van der Waals surface area contributed by atoms with E-state index in [0.717, 1.165) is 21.2 Å². The average molecular weight is 383 g/mol. The van der Waals surface area contributed by atoms with Crippen molar-refractivity contribution >= 4 is 43.2 Å². The monoisotopic (exact) mass is 381 g/mol. The molecule has 1 aromatic rings. The van der Waals surface area contributed by atoms with Crippen LogP contribution in [-0.2, 0) is 4.74 Å². The molecule has 1 saturated heterocycles. The summed E-state index contributed by atoms with van der Waals surface area (Å²) in [6, 6.07) is 2.51. The van der Waals surface area contributed by atoms with Crippen LogP contribution in [0.5, 0.6) is 0 Å². The normalized spacial score (nSPS) is 26.4. The molecule has 0 aromatic carbocycles. The van der Waals surface area contributed by atoms with E-state index in [2.05, 4.69) is 57.1 Å². The zero-order chi connectivity index (χ0) is 12.4. The second-order valence-corrected chi connectivity index (χ2v) is 7.62. The fourth-order valence-corrected chi connectivity index (χ4v) is 4.45. The Bertz CT molecular complexity index is 363. The van der Waals surface area contributed by atoms with Crippen molar-refractivity contribution in [3.05, 3.63) is 19.2 Å². The number of likely N-dealkylation sites (N-methyl/N-ethyl adjacent to an activating group) is 1. The molecule has 0 aliphatic carbocycles. The lowest BCUT2D eigenvalue weighted by molar-refractivity contribution is 0.0327. The van der Waals surface area contributed by atoms with Crippen molar-refractivity contribution in [2.45, 2.75) is 44.9 Å². The van der Waals surface area contributed by atoms with E-state index in [1.54, 1.807) is 11.3 Å². The van der Waals surface area contributed by atoms with E-state index in [0.29, 0.717) is 18.2 Å². The van der Waals surface area contributed by atoms with Gasteiger partial charge in [-0.05, 0) is 64.2 Å². The molecule has 1 aliphatic heterocycles. The van der Waals surface area contributed by atoms with Gasteiger partial charge in [-0.15, -0.1) is 11.3 Å². The Kier molecular flexibility index (Phi) is 5.06. The van der Waals surface area contributed by atoms with E-state index >= 15 is 0 Å². The van der Waals surface area contributed by atoms with Gasteiger partial charge in [-0.2, -0.15) is 0 Å². The summed E-state index contributed by atoms with van der Waals surface area (Å²) in [5, 5.41) is 3.55. The van der Waals surface area contributed by atoms with Crippen molar-refractivity contribution in [2.24, 2.45) is 0 Å². The summed E-state index contributed by atoms with van der Waals surface area (Å²) in [5.74, 6) is 0. The Morgan fingerprint density at radius 1 is 1.53 bits per heavy atom. The van der Waals surface area contributed by atoms with Gasteiger partial charge in [-0.25, -0.2) is 0 Å². The van der Waals surface area contributed by atoms with Crippen LogP contribution in [0.25, 0.3) is 0 Å². The van der Waals surface area contributed by atoms with Crippen molar-refractivity contribution in [1.29, 1.82) is 0 Å². The van der Waals surface area contributed by atoms with Gasteiger partial charge in [0.25, 0.3) is 0 Å². The molecular formula is C12H17Br2NOS. The van der Waals surface area contributed by atoms with Gasteiger partial charge in [-0.1, -0.05) is 6.92 Å². The van der Waals surface area contributed by atoms with Crippen LogP contribution in [0.1, 0.15) is 37.6 Å². The molecule has 0 bridgehead atoms. The summed E-state index contributed by atoms with van der Waals surface area (Å²) >= 11 is 8.89. The standard InChI is InChI=1S/C12H17Br2NOS/c1-3-15-11(9-5-4-7(2)16-9)10-6-8(13)12(14)17-10/h6-7,9,11,15H,3-5H2,1-2H3. The van der Waals surface area contributed by atoms with E-state index in [9.17, 15) is 0 Å². The number of nitrogens with one attached hydrogen (secondary N) is 1. The van der Waals surface area contributed by atoms with E-state index in [1.165, 1.54) is 11.3 Å². The van der Waals surface area contributed by atoms with Gasteiger partial charge in [-0.3, -0.25) is 0 Å². The van der Waals surface area contributed by atoms with Crippen molar-refractivity contribution in [3.63, 3.8) is 0 Å². The summed E-state index contributed by atoms with van der Waals surface area (Å²) in [4.78, 5) is 1.34. The first-order valence-corrected chi connectivity index (χ1v) is 8.35. The lowest BCUT2D eigenvalue weighted by Gasteiger charge is -2.23. The number of thiophene rings is 1. The summed E-state index contributed by atoms with van der Waals surface area (Å²) < 4.78 is 8.28. The number of ether oxygens (including phenoxy) is 1. The SMILES string of the molecule is CCNC(c1cc(Br)c(Br)s1)C1CCC(C)O1. The summed E-state index contributed by atoms with van der Waals surface area (Å²) in [5.41, 5.74) is 0. The third kappa shape index (κ3) is 3.32. The van der Waals surface area contributed by atoms with Gasteiger partial charge in [0.1, 0.15) is 0 Å². The smallest absolute Gasteiger partial charge is 0.0843 e. The maximum absolute atomic E-state index is 5.99. The van der Waals surface area contributed by atoms with E-state index in [4.69, 9.17) is 4.74 Å². The van der Waals surface area contributed by atoms with Crippen molar-refractivity contribution in [3.8, 4) is 0 Å². The number of halogens is 2. The van der Waals surface area contributed by atoms with Crippen LogP contribution in [0.3, 0.4) is 0 Å². The van der Waals surface area contributed by atoms with E-state index < -0.39 is 0 Å². The van der Waals surface area contributed by atoms with Crippen LogP contribution in [0.2, 0.25) is 0 Å². The van der Waals surface area contributed by atoms with Crippen LogP contribution in [0.15, 0.2) is 14.3 Å². The molecule has 1 N–H and O–H groups in total. The van der Waals surface area contributed by atoms with Crippen LogP contribution >= 0.6 is 43.2 Å². The molecule has 1 aliphatic rings. The Morgan fingerprint density at radius 2 is 2.29 bits per heavy atom. The predicted molar refractivity (Wildman–Crippen MR) is 79.7 cm³/mol. The van der Waals surface area contributed by atoms with Crippen molar-refractivity contribution in [1.82, 2.24) is 5.32 Å². The van der Waals surface area contributed by atoms with E-state index in [1.807, 2.05) is 0 Å². The fourth-order valence-electron chi connectivity index (χ4n) is 2.23. The third-order valence-electron chi connectivity index (χ3n) is 3.03. The van der Waals surface area contributed by atoms with Gasteiger partial charge in [0, 0.05) is 9.35 Å². The van der Waals surface area contributed by atoms with Gasteiger partial charge >= 0.3 is 0 Å². The molecule has 0 radical (unpaired) electrons. The first-order valence-electron chi connectivity index (χ1n) is 5.95.